The van der Waals surface area contributed by atoms with E-state index in [2.05, 4.69) is 29.3 Å². The van der Waals surface area contributed by atoms with E-state index in [-0.39, 0.29) is 0 Å². The van der Waals surface area contributed by atoms with Crippen LogP contribution in [0, 0.1) is 0 Å². The summed E-state index contributed by atoms with van der Waals surface area (Å²) in [6.07, 6.45) is 0. The Bertz CT molecular complexity index is 505. The third-order valence-corrected chi connectivity index (χ3v) is 4.58. The Balaban J connectivity index is 1.98. The lowest BCUT2D eigenvalue weighted by molar-refractivity contribution is 0.0702. The third-order valence-electron chi connectivity index (χ3n) is 2.66. The van der Waals surface area contributed by atoms with Gasteiger partial charge in [0.05, 0.1) is 0 Å². The molecule has 2 aromatic heterocycles. The van der Waals surface area contributed by atoms with Gasteiger partial charge in [0.25, 0.3) is 0 Å². The highest BCUT2D eigenvalue weighted by atomic mass is 32.1. The normalized spacial score (nSPS) is 11.0. The molecule has 96 valence electrons. The van der Waals surface area contributed by atoms with Crippen molar-refractivity contribution in [1.82, 2.24) is 4.90 Å². The number of aromatic carboxylic acids is 1. The van der Waals surface area contributed by atoms with Crippen LogP contribution in [-0.4, -0.2) is 22.5 Å². The van der Waals surface area contributed by atoms with Crippen molar-refractivity contribution in [3.63, 3.8) is 0 Å². The van der Waals surface area contributed by atoms with Crippen LogP contribution in [0.2, 0.25) is 0 Å². The number of carboxylic acids is 1. The van der Waals surface area contributed by atoms with E-state index in [1.807, 2.05) is 6.07 Å². The van der Waals surface area contributed by atoms with Crippen molar-refractivity contribution in [2.45, 2.75) is 20.0 Å². The van der Waals surface area contributed by atoms with Gasteiger partial charge in [0.1, 0.15) is 4.88 Å². The molecular formula is C13H15NO2S2. The molecule has 5 heteroatoms. The summed E-state index contributed by atoms with van der Waals surface area (Å²) in [4.78, 5) is 16.0. The summed E-state index contributed by atoms with van der Waals surface area (Å²) in [6.45, 7) is 4.82. The minimum atomic E-state index is -0.840. The predicted octanol–water partition coefficient (Wildman–Crippen LogP) is 3.53. The van der Waals surface area contributed by atoms with Crippen molar-refractivity contribution in [2.75, 3.05) is 6.54 Å². The highest BCUT2D eigenvalue weighted by molar-refractivity contribution is 7.13. The lowest BCUT2D eigenvalue weighted by atomic mass is 10.3. The fraction of sp³-hybridized carbons (Fsp3) is 0.308. The highest BCUT2D eigenvalue weighted by Gasteiger charge is 2.10. The van der Waals surface area contributed by atoms with Crippen molar-refractivity contribution in [1.29, 1.82) is 0 Å². The van der Waals surface area contributed by atoms with Crippen LogP contribution in [0.1, 0.15) is 26.3 Å². The summed E-state index contributed by atoms with van der Waals surface area (Å²) < 4.78 is 0. The van der Waals surface area contributed by atoms with E-state index in [1.54, 1.807) is 17.4 Å². The molecule has 3 nitrogen and oxygen atoms in total. The molecule has 0 amide bonds. The Morgan fingerprint density at radius 3 is 2.61 bits per heavy atom. The van der Waals surface area contributed by atoms with Crippen LogP contribution < -0.4 is 0 Å². The summed E-state index contributed by atoms with van der Waals surface area (Å²) in [5.41, 5.74) is 0. The highest BCUT2D eigenvalue weighted by Crippen LogP contribution is 2.20. The summed E-state index contributed by atoms with van der Waals surface area (Å²) in [5.74, 6) is -0.840. The molecule has 0 aromatic carbocycles. The van der Waals surface area contributed by atoms with Gasteiger partial charge in [0.2, 0.25) is 0 Å². The monoisotopic (exact) mass is 281 g/mol. The molecule has 0 aliphatic heterocycles. The molecule has 0 aliphatic carbocycles. The average Bonchev–Trinajstić information content (AvgIpc) is 2.99. The van der Waals surface area contributed by atoms with Crippen LogP contribution in [0.5, 0.6) is 0 Å². The number of rotatable bonds is 6. The van der Waals surface area contributed by atoms with E-state index in [9.17, 15) is 4.79 Å². The molecule has 0 spiro atoms. The molecule has 0 radical (unpaired) electrons. The summed E-state index contributed by atoms with van der Waals surface area (Å²) >= 11 is 3.11. The Labute approximate surface area is 114 Å². The molecule has 2 aromatic rings. The zero-order valence-corrected chi connectivity index (χ0v) is 11.8. The molecule has 0 saturated heterocycles. The average molecular weight is 281 g/mol. The quantitative estimate of drug-likeness (QED) is 0.880. The second-order valence-corrected chi connectivity index (χ2v) is 6.15. The molecule has 0 aliphatic rings. The number of hydrogen-bond acceptors (Lipinski definition) is 4. The van der Waals surface area contributed by atoms with Gasteiger partial charge in [-0.1, -0.05) is 13.0 Å². The van der Waals surface area contributed by atoms with Crippen molar-refractivity contribution in [2.24, 2.45) is 0 Å². The van der Waals surface area contributed by atoms with E-state index in [1.165, 1.54) is 16.2 Å². The molecule has 0 atom stereocenters. The summed E-state index contributed by atoms with van der Waals surface area (Å²) in [6, 6.07) is 7.78. The smallest absolute Gasteiger partial charge is 0.345 e. The molecule has 0 fully saturated rings. The van der Waals surface area contributed by atoms with Crippen molar-refractivity contribution >= 4 is 28.6 Å². The van der Waals surface area contributed by atoms with E-state index >= 15 is 0 Å². The van der Waals surface area contributed by atoms with Gasteiger partial charge in [-0.15, -0.1) is 22.7 Å². The number of carbonyl (C=O) groups is 1. The molecule has 0 saturated carbocycles. The van der Waals surface area contributed by atoms with Gasteiger partial charge in [-0.25, -0.2) is 4.79 Å². The van der Waals surface area contributed by atoms with Crippen molar-refractivity contribution < 1.29 is 9.90 Å². The van der Waals surface area contributed by atoms with Gasteiger partial charge in [-0.2, -0.15) is 0 Å². The van der Waals surface area contributed by atoms with E-state index in [0.29, 0.717) is 4.88 Å². The van der Waals surface area contributed by atoms with Crippen LogP contribution >= 0.6 is 22.7 Å². The lowest BCUT2D eigenvalue weighted by Crippen LogP contribution is -2.21. The molecule has 2 heterocycles. The van der Waals surface area contributed by atoms with Crippen LogP contribution in [-0.2, 0) is 13.1 Å². The van der Waals surface area contributed by atoms with Crippen LogP contribution in [0.25, 0.3) is 0 Å². The largest absolute Gasteiger partial charge is 0.477 e. The number of nitrogens with zero attached hydrogens (tertiary/aromatic N) is 1. The first-order valence-electron chi connectivity index (χ1n) is 5.75. The van der Waals surface area contributed by atoms with Gasteiger partial charge >= 0.3 is 5.97 Å². The van der Waals surface area contributed by atoms with Gasteiger partial charge in [-0.3, -0.25) is 4.90 Å². The number of hydrogen-bond donors (Lipinski definition) is 1. The topological polar surface area (TPSA) is 40.5 Å². The molecule has 1 N–H and O–H groups in total. The van der Waals surface area contributed by atoms with Gasteiger partial charge < -0.3 is 5.11 Å². The maximum atomic E-state index is 10.8. The molecule has 0 bridgehead atoms. The maximum Gasteiger partial charge on any atom is 0.345 e. The molecular weight excluding hydrogens is 266 g/mol. The standard InChI is InChI=1S/C13H15NO2S2/c1-2-14(8-10-4-3-7-17-10)9-11-5-6-12(18-11)13(15)16/h3-7H,2,8-9H2,1H3,(H,15,16). The second kappa shape index (κ2) is 6.13. The van der Waals surface area contributed by atoms with E-state index in [0.717, 1.165) is 24.5 Å². The van der Waals surface area contributed by atoms with Gasteiger partial charge in [-0.05, 0) is 30.1 Å². The van der Waals surface area contributed by atoms with Crippen LogP contribution in [0.3, 0.4) is 0 Å². The Morgan fingerprint density at radius 2 is 2.06 bits per heavy atom. The Morgan fingerprint density at radius 1 is 1.28 bits per heavy atom. The first kappa shape index (κ1) is 13.3. The lowest BCUT2D eigenvalue weighted by Gasteiger charge is -2.18. The zero-order chi connectivity index (χ0) is 13.0. The molecule has 2 rings (SSSR count). The summed E-state index contributed by atoms with van der Waals surface area (Å²) in [5, 5.41) is 11.0. The van der Waals surface area contributed by atoms with Crippen LogP contribution in [0.4, 0.5) is 0 Å². The predicted molar refractivity (Wildman–Crippen MR) is 75.4 cm³/mol. The zero-order valence-electron chi connectivity index (χ0n) is 10.1. The van der Waals surface area contributed by atoms with E-state index in [4.69, 9.17) is 5.11 Å². The van der Waals surface area contributed by atoms with E-state index < -0.39 is 5.97 Å². The first-order chi connectivity index (χ1) is 8.69. The third kappa shape index (κ3) is 3.41. The number of thiophene rings is 2. The van der Waals surface area contributed by atoms with Crippen molar-refractivity contribution in [3.8, 4) is 0 Å². The second-order valence-electron chi connectivity index (χ2n) is 3.95. The fourth-order valence-corrected chi connectivity index (χ4v) is 3.34. The van der Waals surface area contributed by atoms with Crippen molar-refractivity contribution in [3.05, 3.63) is 44.3 Å². The minimum absolute atomic E-state index is 0.414. The first-order valence-corrected chi connectivity index (χ1v) is 7.45. The van der Waals surface area contributed by atoms with Gasteiger partial charge in [0, 0.05) is 22.8 Å². The van der Waals surface area contributed by atoms with Gasteiger partial charge in [0.15, 0.2) is 0 Å². The fourth-order valence-electron chi connectivity index (χ4n) is 1.70. The molecule has 18 heavy (non-hydrogen) atoms. The number of carboxylic acid groups (broad SMARTS) is 1. The SMILES string of the molecule is CCN(Cc1cccs1)Cc1ccc(C(=O)O)s1. The van der Waals surface area contributed by atoms with Crippen LogP contribution in [0.15, 0.2) is 29.6 Å². The minimum Gasteiger partial charge on any atom is -0.477 e. The Hall–Kier alpha value is -1.17. The molecule has 0 unspecified atom stereocenters. The summed E-state index contributed by atoms with van der Waals surface area (Å²) in [7, 11) is 0. The maximum absolute atomic E-state index is 10.8. The Kier molecular flexibility index (Phi) is 4.52.